The van der Waals surface area contributed by atoms with E-state index in [0.717, 1.165) is 24.5 Å². The number of nitrogens with zero attached hydrogens (tertiary/aromatic N) is 3. The molecule has 3 rings (SSSR count). The number of carbonyl (C=O) groups excluding carboxylic acids is 1. The number of amides is 1. The van der Waals surface area contributed by atoms with Gasteiger partial charge in [-0.1, -0.05) is 6.92 Å². The van der Waals surface area contributed by atoms with Crippen LogP contribution in [0, 0.1) is 11.8 Å². The number of hydrogen-bond donors (Lipinski definition) is 2. The summed E-state index contributed by atoms with van der Waals surface area (Å²) >= 11 is 0. The number of pyridine rings is 1. The number of carbonyl (C=O) groups is 1. The normalized spacial score (nSPS) is 15.4. The number of hydrogen-bond acceptors (Lipinski definition) is 4. The van der Waals surface area contributed by atoms with Crippen LogP contribution < -0.4 is 10.6 Å². The standard InChI is InChI=1S/C18H25N5O.2ClH/c1-14(16-4-7-19-8-5-16)11-18(24)21-13-15-3-9-20-17(12-15)23-10-2-6-22-23;;/h2-3,6,9-10,12,14,16,19H,4-5,7-8,11,13H2,1H3,(H,21,24);2*1H. The van der Waals surface area contributed by atoms with Crippen molar-refractivity contribution in [2.24, 2.45) is 11.8 Å². The lowest BCUT2D eigenvalue weighted by molar-refractivity contribution is -0.122. The first-order valence-electron chi connectivity index (χ1n) is 8.65. The van der Waals surface area contributed by atoms with Gasteiger partial charge in [-0.15, -0.1) is 24.8 Å². The molecule has 26 heavy (non-hydrogen) atoms. The average molecular weight is 400 g/mol. The van der Waals surface area contributed by atoms with Crippen LogP contribution in [0.1, 0.15) is 31.7 Å². The molecular weight excluding hydrogens is 373 g/mol. The Morgan fingerprint density at radius 1 is 1.35 bits per heavy atom. The first kappa shape index (κ1) is 22.4. The highest BCUT2D eigenvalue weighted by atomic mass is 35.5. The summed E-state index contributed by atoms with van der Waals surface area (Å²) in [4.78, 5) is 16.5. The molecule has 1 aliphatic heterocycles. The average Bonchev–Trinajstić information content (AvgIpc) is 3.16. The molecule has 0 spiro atoms. The van der Waals surface area contributed by atoms with Crippen LogP contribution in [0.4, 0.5) is 0 Å². The van der Waals surface area contributed by atoms with Crippen LogP contribution in [0.5, 0.6) is 0 Å². The Labute approximate surface area is 167 Å². The maximum atomic E-state index is 12.2. The number of rotatable bonds is 6. The Hall–Kier alpha value is -1.63. The fraction of sp³-hybridized carbons (Fsp3) is 0.500. The van der Waals surface area contributed by atoms with Crippen LogP contribution in [0.15, 0.2) is 36.8 Å². The maximum absolute atomic E-state index is 12.2. The van der Waals surface area contributed by atoms with E-state index in [0.29, 0.717) is 24.8 Å². The smallest absolute Gasteiger partial charge is 0.220 e. The van der Waals surface area contributed by atoms with Crippen molar-refractivity contribution < 1.29 is 4.79 Å². The van der Waals surface area contributed by atoms with Gasteiger partial charge in [0.2, 0.25) is 5.91 Å². The fourth-order valence-electron chi connectivity index (χ4n) is 3.25. The summed E-state index contributed by atoms with van der Waals surface area (Å²) in [5.41, 5.74) is 1.03. The van der Waals surface area contributed by atoms with Gasteiger partial charge in [0.15, 0.2) is 5.82 Å². The van der Waals surface area contributed by atoms with Crippen LogP contribution in [0.3, 0.4) is 0 Å². The molecule has 144 valence electrons. The highest BCUT2D eigenvalue weighted by Gasteiger charge is 2.21. The lowest BCUT2D eigenvalue weighted by Crippen LogP contribution is -2.33. The van der Waals surface area contributed by atoms with Crippen LogP contribution in [-0.4, -0.2) is 33.8 Å². The summed E-state index contributed by atoms with van der Waals surface area (Å²) in [7, 11) is 0. The van der Waals surface area contributed by atoms with E-state index in [4.69, 9.17) is 0 Å². The molecule has 2 aromatic heterocycles. The molecule has 1 fully saturated rings. The van der Waals surface area contributed by atoms with Crippen molar-refractivity contribution in [2.45, 2.75) is 32.7 Å². The molecule has 8 heteroatoms. The summed E-state index contributed by atoms with van der Waals surface area (Å²) < 4.78 is 1.71. The second kappa shape index (κ2) is 11.2. The van der Waals surface area contributed by atoms with E-state index >= 15 is 0 Å². The van der Waals surface area contributed by atoms with Crippen LogP contribution in [0.2, 0.25) is 0 Å². The van der Waals surface area contributed by atoms with Gasteiger partial charge in [-0.05, 0) is 61.5 Å². The van der Waals surface area contributed by atoms with Crippen molar-refractivity contribution in [1.82, 2.24) is 25.4 Å². The van der Waals surface area contributed by atoms with Gasteiger partial charge < -0.3 is 10.6 Å². The molecular formula is C18H27Cl2N5O. The first-order chi connectivity index (χ1) is 11.7. The predicted octanol–water partition coefficient (Wildman–Crippen LogP) is 2.75. The molecule has 1 aliphatic rings. The molecule has 1 unspecified atom stereocenters. The quantitative estimate of drug-likeness (QED) is 0.782. The summed E-state index contributed by atoms with van der Waals surface area (Å²) in [6.45, 7) is 4.86. The number of halogens is 2. The number of nitrogens with one attached hydrogen (secondary N) is 2. The Morgan fingerprint density at radius 2 is 2.12 bits per heavy atom. The Morgan fingerprint density at radius 3 is 2.81 bits per heavy atom. The van der Waals surface area contributed by atoms with E-state index in [2.05, 4.69) is 27.6 Å². The SMILES string of the molecule is CC(CC(=O)NCc1ccnc(-n2cccn2)c1)C1CCNCC1.Cl.Cl. The van der Waals surface area contributed by atoms with E-state index < -0.39 is 0 Å². The maximum Gasteiger partial charge on any atom is 0.220 e. The molecule has 0 saturated carbocycles. The minimum atomic E-state index is 0. The van der Waals surface area contributed by atoms with Gasteiger partial charge in [0.05, 0.1) is 0 Å². The van der Waals surface area contributed by atoms with Crippen molar-refractivity contribution in [1.29, 1.82) is 0 Å². The monoisotopic (exact) mass is 399 g/mol. The van der Waals surface area contributed by atoms with E-state index in [1.54, 1.807) is 17.1 Å². The van der Waals surface area contributed by atoms with Gasteiger partial charge in [-0.2, -0.15) is 5.10 Å². The Kier molecular flexibility index (Phi) is 9.62. The van der Waals surface area contributed by atoms with Gasteiger partial charge in [-0.25, -0.2) is 9.67 Å². The minimum absolute atomic E-state index is 0. The second-order valence-corrected chi connectivity index (χ2v) is 6.52. The first-order valence-corrected chi connectivity index (χ1v) is 8.65. The topological polar surface area (TPSA) is 71.8 Å². The summed E-state index contributed by atoms with van der Waals surface area (Å²) in [6, 6.07) is 5.73. The third-order valence-electron chi connectivity index (χ3n) is 4.73. The van der Waals surface area contributed by atoms with E-state index in [9.17, 15) is 4.79 Å². The zero-order chi connectivity index (χ0) is 16.8. The molecule has 3 heterocycles. The molecule has 1 saturated heterocycles. The predicted molar refractivity (Wildman–Crippen MR) is 107 cm³/mol. The lowest BCUT2D eigenvalue weighted by Gasteiger charge is -2.27. The van der Waals surface area contributed by atoms with Crippen molar-refractivity contribution in [3.63, 3.8) is 0 Å². The highest BCUT2D eigenvalue weighted by molar-refractivity contribution is 5.85. The third kappa shape index (κ3) is 6.27. The van der Waals surface area contributed by atoms with Gasteiger partial charge in [0, 0.05) is 31.6 Å². The third-order valence-corrected chi connectivity index (χ3v) is 4.73. The Bertz CT molecular complexity index is 659. The molecule has 2 aromatic rings. The van der Waals surface area contributed by atoms with E-state index in [1.807, 2.05) is 24.4 Å². The van der Waals surface area contributed by atoms with E-state index in [1.165, 1.54) is 12.8 Å². The largest absolute Gasteiger partial charge is 0.352 e. The van der Waals surface area contributed by atoms with Crippen molar-refractivity contribution >= 4 is 30.7 Å². The fourth-order valence-corrected chi connectivity index (χ4v) is 3.25. The van der Waals surface area contributed by atoms with Crippen LogP contribution in [-0.2, 0) is 11.3 Å². The molecule has 0 radical (unpaired) electrons. The molecule has 6 nitrogen and oxygen atoms in total. The molecule has 0 aliphatic carbocycles. The highest BCUT2D eigenvalue weighted by Crippen LogP contribution is 2.24. The van der Waals surface area contributed by atoms with Crippen molar-refractivity contribution in [3.8, 4) is 5.82 Å². The van der Waals surface area contributed by atoms with E-state index in [-0.39, 0.29) is 30.7 Å². The van der Waals surface area contributed by atoms with Crippen molar-refractivity contribution in [3.05, 3.63) is 42.4 Å². The zero-order valence-electron chi connectivity index (χ0n) is 14.9. The minimum Gasteiger partial charge on any atom is -0.352 e. The van der Waals surface area contributed by atoms with Gasteiger partial charge in [0.1, 0.15) is 0 Å². The molecule has 1 amide bonds. The summed E-state index contributed by atoms with van der Waals surface area (Å²) in [6.07, 6.45) is 8.26. The Balaban J connectivity index is 0.00000169. The van der Waals surface area contributed by atoms with Gasteiger partial charge >= 0.3 is 0 Å². The lowest BCUT2D eigenvalue weighted by atomic mass is 9.84. The molecule has 0 aromatic carbocycles. The number of piperidine rings is 1. The molecule has 1 atom stereocenters. The van der Waals surface area contributed by atoms with Gasteiger partial charge in [-0.3, -0.25) is 4.79 Å². The van der Waals surface area contributed by atoms with Crippen LogP contribution >= 0.6 is 24.8 Å². The zero-order valence-corrected chi connectivity index (χ0v) is 16.6. The summed E-state index contributed by atoms with van der Waals surface area (Å²) in [5, 5.41) is 10.6. The second-order valence-electron chi connectivity index (χ2n) is 6.52. The van der Waals surface area contributed by atoms with Crippen LogP contribution in [0.25, 0.3) is 5.82 Å². The number of aromatic nitrogens is 3. The van der Waals surface area contributed by atoms with Gasteiger partial charge in [0.25, 0.3) is 0 Å². The summed E-state index contributed by atoms with van der Waals surface area (Å²) in [5.74, 6) is 1.97. The molecule has 2 N–H and O–H groups in total. The van der Waals surface area contributed by atoms with Crippen molar-refractivity contribution in [2.75, 3.05) is 13.1 Å². The molecule has 0 bridgehead atoms.